The average Bonchev–Trinajstić information content (AvgIpc) is 2.54. The first-order chi connectivity index (χ1) is 11.1. The van der Waals surface area contributed by atoms with Crippen molar-refractivity contribution >= 4 is 35.6 Å². The maximum absolute atomic E-state index is 12.2. The van der Waals surface area contributed by atoms with Gasteiger partial charge in [-0.3, -0.25) is 9.59 Å². The summed E-state index contributed by atoms with van der Waals surface area (Å²) in [4.78, 5) is 25.6. The first-order valence-electron chi connectivity index (χ1n) is 8.15. The number of nitrogens with one attached hydrogen (secondary N) is 2. The number of hydrogen-bond acceptors (Lipinski definition) is 4. The number of carbonyl (C=O) groups is 2. The van der Waals surface area contributed by atoms with Crippen LogP contribution >= 0.6 is 12.4 Å². The number of amides is 2. The molecule has 6 nitrogen and oxygen atoms in total. The molecule has 2 heterocycles. The van der Waals surface area contributed by atoms with Gasteiger partial charge in [-0.2, -0.15) is 0 Å². The third-order valence-corrected chi connectivity index (χ3v) is 4.29. The lowest BCUT2D eigenvalue weighted by Gasteiger charge is -2.29. The van der Waals surface area contributed by atoms with E-state index in [1.54, 1.807) is 11.8 Å². The average molecular weight is 354 g/mol. The van der Waals surface area contributed by atoms with Crippen molar-refractivity contribution in [2.24, 2.45) is 0 Å². The molecule has 1 aromatic rings. The van der Waals surface area contributed by atoms with Crippen molar-refractivity contribution in [3.63, 3.8) is 0 Å². The first kappa shape index (κ1) is 18.7. The highest BCUT2D eigenvalue weighted by Gasteiger charge is 2.21. The van der Waals surface area contributed by atoms with E-state index in [2.05, 4.69) is 10.6 Å². The van der Waals surface area contributed by atoms with Crippen LogP contribution in [0.2, 0.25) is 0 Å². The van der Waals surface area contributed by atoms with Crippen LogP contribution in [0.15, 0.2) is 18.2 Å². The zero-order valence-electron chi connectivity index (χ0n) is 13.8. The minimum atomic E-state index is -0.0211. The van der Waals surface area contributed by atoms with Crippen molar-refractivity contribution < 1.29 is 14.3 Å². The normalized spacial score (nSPS) is 19.9. The summed E-state index contributed by atoms with van der Waals surface area (Å²) < 4.78 is 5.36. The summed E-state index contributed by atoms with van der Waals surface area (Å²) >= 11 is 0. The van der Waals surface area contributed by atoms with Gasteiger partial charge in [0.2, 0.25) is 11.8 Å². The number of benzene rings is 1. The van der Waals surface area contributed by atoms with E-state index in [1.807, 2.05) is 18.2 Å². The number of fused-ring (bicyclic) bond motifs is 1. The van der Waals surface area contributed by atoms with Crippen LogP contribution in [0.1, 0.15) is 25.3 Å². The smallest absolute Gasteiger partial charge is 0.226 e. The molecule has 2 aliphatic rings. The topological polar surface area (TPSA) is 70.7 Å². The Morgan fingerprint density at radius 2 is 2.25 bits per heavy atom. The Morgan fingerprint density at radius 3 is 2.96 bits per heavy atom. The molecule has 2 N–H and O–H groups in total. The van der Waals surface area contributed by atoms with E-state index < -0.39 is 0 Å². The number of carbonyl (C=O) groups excluding carboxylic acids is 2. The van der Waals surface area contributed by atoms with Crippen LogP contribution in [0, 0.1) is 0 Å². The zero-order valence-corrected chi connectivity index (χ0v) is 14.7. The highest BCUT2D eigenvalue weighted by atomic mass is 35.5. The van der Waals surface area contributed by atoms with E-state index in [-0.39, 0.29) is 30.3 Å². The molecule has 2 amide bonds. The zero-order chi connectivity index (χ0) is 16.2. The third-order valence-electron chi connectivity index (χ3n) is 4.29. The lowest BCUT2D eigenvalue weighted by Crippen LogP contribution is -2.43. The first-order valence-corrected chi connectivity index (χ1v) is 8.15. The molecule has 1 atom stereocenters. The number of nitrogens with zero attached hydrogens (tertiary/aromatic N) is 1. The Bertz CT molecular complexity index is 603. The van der Waals surface area contributed by atoms with Crippen molar-refractivity contribution in [1.82, 2.24) is 5.32 Å². The summed E-state index contributed by atoms with van der Waals surface area (Å²) in [6, 6.07) is 5.85. The van der Waals surface area contributed by atoms with Gasteiger partial charge in [-0.25, -0.2) is 0 Å². The predicted octanol–water partition coefficient (Wildman–Crippen LogP) is 1.72. The number of ether oxygens (including phenoxy) is 1. The molecular weight excluding hydrogens is 330 g/mol. The number of aryl methyl sites for hydroxylation is 1. The second-order valence-corrected chi connectivity index (χ2v) is 6.10. The van der Waals surface area contributed by atoms with Gasteiger partial charge in [-0.1, -0.05) is 0 Å². The Balaban J connectivity index is 0.00000208. The molecule has 0 aliphatic carbocycles. The molecule has 0 radical (unpaired) electrons. The van der Waals surface area contributed by atoms with Gasteiger partial charge in [0.1, 0.15) is 0 Å². The fourth-order valence-electron chi connectivity index (χ4n) is 3.19. The molecule has 1 unspecified atom stereocenters. The minimum absolute atomic E-state index is 0. The molecule has 0 saturated carbocycles. The summed E-state index contributed by atoms with van der Waals surface area (Å²) in [7, 11) is 0. The summed E-state index contributed by atoms with van der Waals surface area (Å²) in [6.45, 7) is 4.42. The largest absolute Gasteiger partial charge is 0.378 e. The van der Waals surface area contributed by atoms with E-state index in [0.29, 0.717) is 19.6 Å². The molecule has 7 heteroatoms. The predicted molar refractivity (Wildman–Crippen MR) is 95.9 cm³/mol. The maximum atomic E-state index is 12.2. The molecule has 3 rings (SSSR count). The molecule has 1 aromatic carbocycles. The molecule has 0 spiro atoms. The quantitative estimate of drug-likeness (QED) is 0.868. The summed E-state index contributed by atoms with van der Waals surface area (Å²) in [5.74, 6) is 0.0401. The number of hydrogen-bond donors (Lipinski definition) is 2. The van der Waals surface area contributed by atoms with Crippen molar-refractivity contribution in [2.75, 3.05) is 36.5 Å². The van der Waals surface area contributed by atoms with Crippen molar-refractivity contribution in [3.8, 4) is 0 Å². The van der Waals surface area contributed by atoms with Crippen LogP contribution in [0.3, 0.4) is 0 Å². The van der Waals surface area contributed by atoms with Crippen LogP contribution in [0.4, 0.5) is 11.4 Å². The van der Waals surface area contributed by atoms with E-state index in [0.717, 1.165) is 42.9 Å². The molecule has 1 fully saturated rings. The van der Waals surface area contributed by atoms with Crippen molar-refractivity contribution in [2.45, 2.75) is 32.2 Å². The van der Waals surface area contributed by atoms with E-state index in [9.17, 15) is 9.59 Å². The van der Waals surface area contributed by atoms with Gasteiger partial charge in [0.25, 0.3) is 0 Å². The Hall–Kier alpha value is -1.63. The summed E-state index contributed by atoms with van der Waals surface area (Å²) in [5, 5.41) is 6.22. The van der Waals surface area contributed by atoms with Gasteiger partial charge < -0.3 is 20.3 Å². The van der Waals surface area contributed by atoms with Gasteiger partial charge in [0.15, 0.2) is 0 Å². The molecule has 0 bridgehead atoms. The number of morpholine rings is 1. The maximum Gasteiger partial charge on any atom is 0.226 e. The van der Waals surface area contributed by atoms with Crippen LogP contribution in [-0.4, -0.2) is 44.2 Å². The molecule has 132 valence electrons. The second kappa shape index (κ2) is 8.46. The van der Waals surface area contributed by atoms with Crippen LogP contribution in [-0.2, 0) is 20.7 Å². The second-order valence-electron chi connectivity index (χ2n) is 6.10. The highest BCUT2D eigenvalue weighted by molar-refractivity contribution is 5.95. The number of anilines is 2. The van der Waals surface area contributed by atoms with E-state index in [4.69, 9.17) is 4.74 Å². The molecule has 2 aliphatic heterocycles. The Morgan fingerprint density at radius 1 is 1.42 bits per heavy atom. The fraction of sp³-hybridized carbons (Fsp3) is 0.529. The van der Waals surface area contributed by atoms with Gasteiger partial charge in [0.05, 0.1) is 13.2 Å². The Kier molecular flexibility index (Phi) is 6.60. The lowest BCUT2D eigenvalue weighted by atomic mass is 10.0. The summed E-state index contributed by atoms with van der Waals surface area (Å²) in [5.41, 5.74) is 2.86. The molecule has 24 heavy (non-hydrogen) atoms. The van der Waals surface area contributed by atoms with Crippen LogP contribution in [0.5, 0.6) is 0 Å². The van der Waals surface area contributed by atoms with Crippen LogP contribution < -0.4 is 15.5 Å². The molecule has 0 aromatic heterocycles. The number of rotatable bonds is 3. The Labute approximate surface area is 148 Å². The summed E-state index contributed by atoms with van der Waals surface area (Å²) in [6.07, 6.45) is 2.28. The van der Waals surface area contributed by atoms with Crippen molar-refractivity contribution in [1.29, 1.82) is 0 Å². The van der Waals surface area contributed by atoms with Crippen LogP contribution in [0.25, 0.3) is 0 Å². The monoisotopic (exact) mass is 353 g/mol. The highest BCUT2D eigenvalue weighted by Crippen LogP contribution is 2.29. The number of halogens is 1. The molecule has 1 saturated heterocycles. The van der Waals surface area contributed by atoms with Gasteiger partial charge >= 0.3 is 0 Å². The lowest BCUT2D eigenvalue weighted by molar-refractivity contribution is -0.117. The van der Waals surface area contributed by atoms with E-state index in [1.165, 1.54) is 0 Å². The molecular formula is C17H24ClN3O3. The van der Waals surface area contributed by atoms with Gasteiger partial charge in [-0.05, 0) is 36.6 Å². The van der Waals surface area contributed by atoms with E-state index >= 15 is 0 Å². The van der Waals surface area contributed by atoms with Crippen molar-refractivity contribution in [3.05, 3.63) is 23.8 Å². The SMILES string of the molecule is CC(=O)N1CCCc2cc(NC(=O)CC3COCCN3)ccc21.Cl. The standard InChI is InChI=1S/C17H23N3O3.ClH/c1-12(21)20-7-2-3-13-9-14(4-5-16(13)20)19-17(22)10-15-11-23-8-6-18-15;/h4-5,9,15,18H,2-3,6-8,10-11H2,1H3,(H,19,22);1H. The van der Waals surface area contributed by atoms with Gasteiger partial charge in [-0.15, -0.1) is 12.4 Å². The van der Waals surface area contributed by atoms with Gasteiger partial charge in [0, 0.05) is 43.9 Å². The third kappa shape index (κ3) is 4.47. The fourth-order valence-corrected chi connectivity index (χ4v) is 3.19. The minimum Gasteiger partial charge on any atom is -0.378 e.